The van der Waals surface area contributed by atoms with Gasteiger partial charge in [-0.15, -0.1) is 0 Å². The minimum absolute atomic E-state index is 0.0206. The lowest BCUT2D eigenvalue weighted by Crippen LogP contribution is -2.39. The van der Waals surface area contributed by atoms with E-state index in [0.717, 1.165) is 15.7 Å². The molecule has 0 aliphatic heterocycles. The van der Waals surface area contributed by atoms with Crippen LogP contribution in [0.3, 0.4) is 0 Å². The van der Waals surface area contributed by atoms with Crippen LogP contribution in [-0.2, 0) is 11.4 Å². The second kappa shape index (κ2) is 8.93. The first-order valence-electron chi connectivity index (χ1n) is 9.94. The number of benzene rings is 3. The van der Waals surface area contributed by atoms with Gasteiger partial charge in [0.2, 0.25) is 5.91 Å². The molecule has 1 heterocycles. The van der Waals surface area contributed by atoms with Gasteiger partial charge in [0.05, 0.1) is 0 Å². The molecule has 2 N–H and O–H groups in total. The summed E-state index contributed by atoms with van der Waals surface area (Å²) < 4.78 is 25.0. The van der Waals surface area contributed by atoms with Crippen LogP contribution in [0.25, 0.3) is 10.8 Å². The number of carbonyl (C=O) groups is 2. The van der Waals surface area contributed by atoms with Crippen molar-refractivity contribution in [2.24, 2.45) is 5.73 Å². The van der Waals surface area contributed by atoms with Crippen LogP contribution in [0, 0.1) is 5.82 Å². The van der Waals surface area contributed by atoms with E-state index >= 15 is 0 Å². The smallest absolute Gasteiger partial charge is 0.290 e. The van der Waals surface area contributed by atoms with Crippen molar-refractivity contribution in [3.8, 4) is 5.75 Å². The number of fused-ring (bicyclic) bond motifs is 1. The van der Waals surface area contributed by atoms with Crippen LogP contribution in [-0.4, -0.2) is 23.8 Å². The van der Waals surface area contributed by atoms with Gasteiger partial charge in [0.25, 0.3) is 5.91 Å². The van der Waals surface area contributed by atoms with E-state index in [-0.39, 0.29) is 17.9 Å². The Bertz CT molecular complexity index is 1280. The third-order valence-electron chi connectivity index (χ3n) is 5.12. The lowest BCUT2D eigenvalue weighted by molar-refractivity contribution is -0.122. The molecule has 0 saturated carbocycles. The number of halogens is 1. The molecule has 7 heteroatoms. The van der Waals surface area contributed by atoms with E-state index in [1.165, 1.54) is 37.4 Å². The summed E-state index contributed by atoms with van der Waals surface area (Å²) in [6.45, 7) is 0.123. The predicted octanol–water partition coefficient (Wildman–Crippen LogP) is 4.45. The van der Waals surface area contributed by atoms with E-state index in [9.17, 15) is 14.0 Å². The summed E-state index contributed by atoms with van der Waals surface area (Å²) in [5.74, 6) is -0.734. The molecule has 0 saturated heterocycles. The normalized spacial score (nSPS) is 11.8. The fourth-order valence-corrected chi connectivity index (χ4v) is 3.53. The van der Waals surface area contributed by atoms with Crippen molar-refractivity contribution in [1.29, 1.82) is 0 Å². The van der Waals surface area contributed by atoms with E-state index in [0.29, 0.717) is 11.5 Å². The van der Waals surface area contributed by atoms with Gasteiger partial charge in [-0.2, -0.15) is 0 Å². The molecule has 32 heavy (non-hydrogen) atoms. The van der Waals surface area contributed by atoms with Crippen LogP contribution in [0.5, 0.6) is 5.75 Å². The first-order valence-corrected chi connectivity index (χ1v) is 9.94. The van der Waals surface area contributed by atoms with E-state index < -0.39 is 23.7 Å². The molecule has 0 spiro atoms. The molecule has 162 valence electrons. The second-order valence-electron chi connectivity index (χ2n) is 7.34. The maximum absolute atomic E-state index is 13.6. The molecule has 0 fully saturated rings. The van der Waals surface area contributed by atoms with Crippen molar-refractivity contribution in [3.63, 3.8) is 0 Å². The van der Waals surface area contributed by atoms with E-state index in [2.05, 4.69) is 0 Å². The Morgan fingerprint density at radius 2 is 1.78 bits per heavy atom. The summed E-state index contributed by atoms with van der Waals surface area (Å²) in [4.78, 5) is 26.0. The third-order valence-corrected chi connectivity index (χ3v) is 5.12. The summed E-state index contributed by atoms with van der Waals surface area (Å²) in [6.07, 6.45) is 0. The van der Waals surface area contributed by atoms with Gasteiger partial charge in [0, 0.05) is 7.05 Å². The van der Waals surface area contributed by atoms with Crippen molar-refractivity contribution >= 4 is 22.6 Å². The Balaban J connectivity index is 1.46. The predicted molar refractivity (Wildman–Crippen MR) is 117 cm³/mol. The number of ether oxygens (including phenoxy) is 1. The summed E-state index contributed by atoms with van der Waals surface area (Å²) >= 11 is 0. The molecule has 6 nitrogen and oxygen atoms in total. The Hall–Kier alpha value is -4.13. The average molecular weight is 432 g/mol. The number of hydrogen-bond donors (Lipinski definition) is 1. The minimum atomic E-state index is -1.14. The van der Waals surface area contributed by atoms with E-state index in [1.807, 2.05) is 42.5 Å². The fraction of sp³-hybridized carbons (Fsp3) is 0.120. The summed E-state index contributed by atoms with van der Waals surface area (Å²) in [7, 11) is 1.41. The zero-order valence-corrected chi connectivity index (χ0v) is 17.3. The number of rotatable bonds is 7. The number of nitrogens with two attached hydrogens (primary N) is 1. The molecule has 1 unspecified atom stereocenters. The number of hydrogen-bond acceptors (Lipinski definition) is 4. The van der Waals surface area contributed by atoms with E-state index in [1.54, 1.807) is 6.07 Å². The molecule has 0 aliphatic carbocycles. The lowest BCUT2D eigenvalue weighted by atomic mass is 10.0. The zero-order valence-electron chi connectivity index (χ0n) is 17.3. The molecular weight excluding hydrogens is 411 g/mol. The topological polar surface area (TPSA) is 85.8 Å². The van der Waals surface area contributed by atoms with Crippen molar-refractivity contribution < 1.29 is 23.1 Å². The maximum Gasteiger partial charge on any atom is 0.290 e. The van der Waals surface area contributed by atoms with Crippen LogP contribution < -0.4 is 10.5 Å². The molecule has 0 bridgehead atoms. The number of likely N-dealkylation sites (N-methyl/N-ethyl adjacent to an activating group) is 1. The Labute approximate surface area is 184 Å². The number of carbonyl (C=O) groups excluding carboxylic acids is 2. The number of amides is 2. The molecule has 1 aromatic heterocycles. The Morgan fingerprint density at radius 3 is 2.53 bits per heavy atom. The van der Waals surface area contributed by atoms with Crippen molar-refractivity contribution in [1.82, 2.24) is 4.90 Å². The highest BCUT2D eigenvalue weighted by molar-refractivity contribution is 5.95. The first-order chi connectivity index (χ1) is 15.4. The van der Waals surface area contributed by atoms with Gasteiger partial charge in [-0.3, -0.25) is 9.59 Å². The quantitative estimate of drug-likeness (QED) is 0.468. The van der Waals surface area contributed by atoms with E-state index in [4.69, 9.17) is 14.9 Å². The van der Waals surface area contributed by atoms with Crippen molar-refractivity contribution in [3.05, 3.63) is 102 Å². The summed E-state index contributed by atoms with van der Waals surface area (Å²) in [5.41, 5.74) is 5.76. The SMILES string of the molecule is CN(C(=O)c1ccc(COc2ccc3ccccc3c2)o1)C(C(N)=O)c1cccc(F)c1. The van der Waals surface area contributed by atoms with Crippen molar-refractivity contribution in [2.75, 3.05) is 7.05 Å². The standard InChI is InChI=1S/C25H21FN2O4/c1-28(23(24(27)29)18-7-4-8-19(26)13-18)25(30)22-12-11-21(32-22)15-31-20-10-9-16-5-2-3-6-17(16)14-20/h2-14,23H,15H2,1H3,(H2,27,29). The van der Waals surface area contributed by atoms with Gasteiger partial charge in [0.1, 0.15) is 30.0 Å². The van der Waals surface area contributed by atoms with Gasteiger partial charge < -0.3 is 19.8 Å². The molecule has 4 aromatic rings. The number of furan rings is 1. The number of nitrogens with zero attached hydrogens (tertiary/aromatic N) is 1. The minimum Gasteiger partial charge on any atom is -0.486 e. The highest BCUT2D eigenvalue weighted by Crippen LogP contribution is 2.24. The van der Waals surface area contributed by atoms with Gasteiger partial charge in [-0.05, 0) is 52.7 Å². The highest BCUT2D eigenvalue weighted by atomic mass is 19.1. The third kappa shape index (κ3) is 4.46. The first kappa shape index (κ1) is 21.1. The van der Waals surface area contributed by atoms with Crippen LogP contribution >= 0.6 is 0 Å². The van der Waals surface area contributed by atoms with Crippen LogP contribution in [0.4, 0.5) is 4.39 Å². The molecule has 4 rings (SSSR count). The monoisotopic (exact) mass is 432 g/mol. The lowest BCUT2D eigenvalue weighted by Gasteiger charge is -2.25. The fourth-order valence-electron chi connectivity index (χ4n) is 3.53. The van der Waals surface area contributed by atoms with Gasteiger partial charge in [-0.25, -0.2) is 4.39 Å². The highest BCUT2D eigenvalue weighted by Gasteiger charge is 2.29. The summed E-state index contributed by atoms with van der Waals surface area (Å²) in [6, 6.07) is 21.1. The van der Waals surface area contributed by atoms with Crippen LogP contribution in [0.1, 0.15) is 27.9 Å². The molecule has 0 radical (unpaired) electrons. The second-order valence-corrected chi connectivity index (χ2v) is 7.34. The number of primary amides is 1. The molecule has 1 atom stereocenters. The Kier molecular flexibility index (Phi) is 5.89. The van der Waals surface area contributed by atoms with Crippen LogP contribution in [0.2, 0.25) is 0 Å². The van der Waals surface area contributed by atoms with Gasteiger partial charge in [0.15, 0.2) is 5.76 Å². The molecular formula is C25H21FN2O4. The van der Waals surface area contributed by atoms with Gasteiger partial charge in [-0.1, -0.05) is 42.5 Å². The van der Waals surface area contributed by atoms with Crippen LogP contribution in [0.15, 0.2) is 83.3 Å². The zero-order chi connectivity index (χ0) is 22.7. The molecule has 0 aliphatic rings. The summed E-state index contributed by atoms with van der Waals surface area (Å²) in [5, 5.41) is 2.16. The average Bonchev–Trinajstić information content (AvgIpc) is 3.26. The van der Waals surface area contributed by atoms with Gasteiger partial charge >= 0.3 is 0 Å². The maximum atomic E-state index is 13.6. The largest absolute Gasteiger partial charge is 0.486 e. The Morgan fingerprint density at radius 1 is 1.00 bits per heavy atom. The molecule has 3 aromatic carbocycles. The van der Waals surface area contributed by atoms with Crippen molar-refractivity contribution in [2.45, 2.75) is 12.6 Å². The molecule has 2 amide bonds.